The number of aromatic hydroxyl groups is 2. The topological polar surface area (TPSA) is 40.5 Å². The van der Waals surface area contributed by atoms with Crippen LogP contribution in [0.1, 0.15) is 44.4 Å². The van der Waals surface area contributed by atoms with E-state index in [0.717, 1.165) is 16.7 Å². The summed E-state index contributed by atoms with van der Waals surface area (Å²) >= 11 is 0. The maximum absolute atomic E-state index is 10.2. The molecule has 0 heterocycles. The Kier molecular flexibility index (Phi) is 5.63. The van der Waals surface area contributed by atoms with Gasteiger partial charge in [-0.25, -0.2) is 0 Å². The zero-order valence-electron chi connectivity index (χ0n) is 12.8. The fraction of sp³-hybridized carbons (Fsp3) is 0.333. The minimum Gasteiger partial charge on any atom is -0.504 e. The quantitative estimate of drug-likeness (QED) is 0.599. The maximum Gasteiger partial charge on any atom is 0.161 e. The molecule has 0 aliphatic heterocycles. The highest BCUT2D eigenvalue weighted by Gasteiger charge is 2.14. The molecule has 0 bridgehead atoms. The van der Waals surface area contributed by atoms with Gasteiger partial charge in [0, 0.05) is 11.1 Å². The molecule has 0 aromatic heterocycles. The van der Waals surface area contributed by atoms with Gasteiger partial charge in [0.1, 0.15) is 0 Å². The highest BCUT2D eigenvalue weighted by molar-refractivity contribution is 5.64. The molecule has 0 spiro atoms. The first-order chi connectivity index (χ1) is 9.36. The molecule has 0 fully saturated rings. The van der Waals surface area contributed by atoms with Gasteiger partial charge < -0.3 is 10.2 Å². The summed E-state index contributed by atoms with van der Waals surface area (Å²) in [4.78, 5) is 0. The van der Waals surface area contributed by atoms with E-state index in [-0.39, 0.29) is 11.5 Å². The van der Waals surface area contributed by atoms with E-state index in [4.69, 9.17) is 0 Å². The van der Waals surface area contributed by atoms with Gasteiger partial charge in [-0.1, -0.05) is 36.0 Å². The summed E-state index contributed by atoms with van der Waals surface area (Å²) in [7, 11) is 0. The van der Waals surface area contributed by atoms with Crippen molar-refractivity contribution in [2.45, 2.75) is 40.5 Å². The zero-order chi connectivity index (χ0) is 15.3. The lowest BCUT2D eigenvalue weighted by molar-refractivity contribution is 0.396. The molecular formula is C18H24O2. The molecule has 2 N–H and O–H groups in total. The van der Waals surface area contributed by atoms with Crippen LogP contribution in [0.4, 0.5) is 0 Å². The van der Waals surface area contributed by atoms with Crippen LogP contribution in [0, 0.1) is 0 Å². The van der Waals surface area contributed by atoms with E-state index in [1.165, 1.54) is 11.1 Å². The van der Waals surface area contributed by atoms with E-state index in [0.29, 0.717) is 12.8 Å². The van der Waals surface area contributed by atoms with Gasteiger partial charge in [-0.2, -0.15) is 0 Å². The molecule has 0 saturated heterocycles. The molecule has 0 saturated carbocycles. The second-order valence-corrected chi connectivity index (χ2v) is 5.48. The van der Waals surface area contributed by atoms with Crippen molar-refractivity contribution < 1.29 is 10.2 Å². The Labute approximate surface area is 121 Å². The number of benzene rings is 1. The highest BCUT2D eigenvalue weighted by atomic mass is 16.3. The first-order valence-electron chi connectivity index (χ1n) is 6.82. The van der Waals surface area contributed by atoms with Crippen molar-refractivity contribution in [3.8, 4) is 11.5 Å². The Bertz CT molecular complexity index is 555. The largest absolute Gasteiger partial charge is 0.504 e. The van der Waals surface area contributed by atoms with E-state index in [2.05, 4.69) is 6.58 Å². The molecule has 2 heteroatoms. The van der Waals surface area contributed by atoms with Crippen molar-refractivity contribution >= 4 is 6.08 Å². The van der Waals surface area contributed by atoms with Crippen LogP contribution in [0.3, 0.4) is 0 Å². The lowest BCUT2D eigenvalue weighted by Crippen LogP contribution is -1.94. The van der Waals surface area contributed by atoms with E-state index >= 15 is 0 Å². The third kappa shape index (κ3) is 4.02. The fourth-order valence-corrected chi connectivity index (χ4v) is 1.95. The summed E-state index contributed by atoms with van der Waals surface area (Å²) < 4.78 is 0. The van der Waals surface area contributed by atoms with Crippen LogP contribution in [-0.4, -0.2) is 10.2 Å². The van der Waals surface area contributed by atoms with E-state index < -0.39 is 0 Å². The average molecular weight is 272 g/mol. The first kappa shape index (κ1) is 16.1. The lowest BCUT2D eigenvalue weighted by Gasteiger charge is -2.13. The maximum atomic E-state index is 10.2. The normalized spacial score (nSPS) is 10.0. The Hall–Kier alpha value is -1.96. The molecule has 108 valence electrons. The fourth-order valence-electron chi connectivity index (χ4n) is 1.95. The minimum absolute atomic E-state index is 0.0229. The number of phenols is 2. The third-order valence-corrected chi connectivity index (χ3v) is 3.16. The van der Waals surface area contributed by atoms with E-state index in [1.54, 1.807) is 6.08 Å². The predicted octanol–water partition coefficient (Wildman–Crippen LogP) is 4.76. The van der Waals surface area contributed by atoms with E-state index in [9.17, 15) is 10.2 Å². The van der Waals surface area contributed by atoms with Gasteiger partial charge in [0.15, 0.2) is 11.5 Å². The van der Waals surface area contributed by atoms with Crippen molar-refractivity contribution in [1.82, 2.24) is 0 Å². The zero-order valence-corrected chi connectivity index (χ0v) is 12.8. The standard InChI is InChI=1S/C18H24O2/c1-6-14-11-15(9-7-12(2)3)17(19)18(20)16(14)10-8-13(4)5/h6-8,11,19-20H,1,9-10H2,2-5H3. The molecule has 0 aliphatic rings. The smallest absolute Gasteiger partial charge is 0.161 e. The summed E-state index contributed by atoms with van der Waals surface area (Å²) in [6, 6.07) is 1.90. The Morgan fingerprint density at radius 3 is 2.05 bits per heavy atom. The van der Waals surface area contributed by atoms with Gasteiger partial charge in [-0.15, -0.1) is 0 Å². The van der Waals surface area contributed by atoms with Crippen molar-refractivity contribution in [3.63, 3.8) is 0 Å². The number of hydrogen-bond acceptors (Lipinski definition) is 2. The summed E-state index contributed by atoms with van der Waals surface area (Å²) in [5.41, 5.74) is 4.67. The van der Waals surface area contributed by atoms with Gasteiger partial charge >= 0.3 is 0 Å². The molecule has 0 aliphatic carbocycles. The van der Waals surface area contributed by atoms with Crippen LogP contribution in [0.25, 0.3) is 6.08 Å². The SMILES string of the molecule is C=Cc1cc(CC=C(C)C)c(O)c(O)c1CC=C(C)C. The number of allylic oxidation sites excluding steroid dienone is 4. The summed E-state index contributed by atoms with van der Waals surface area (Å²) in [6.07, 6.45) is 6.96. The molecule has 2 nitrogen and oxygen atoms in total. The Balaban J connectivity index is 3.28. The van der Waals surface area contributed by atoms with Crippen LogP contribution in [0.2, 0.25) is 0 Å². The van der Waals surface area contributed by atoms with Crippen LogP contribution < -0.4 is 0 Å². The second-order valence-electron chi connectivity index (χ2n) is 5.48. The third-order valence-electron chi connectivity index (χ3n) is 3.16. The summed E-state index contributed by atoms with van der Waals surface area (Å²) in [5.74, 6) is -0.0534. The minimum atomic E-state index is -0.0305. The second kappa shape index (κ2) is 6.99. The van der Waals surface area contributed by atoms with Crippen LogP contribution >= 0.6 is 0 Å². The summed E-state index contributed by atoms with van der Waals surface area (Å²) in [6.45, 7) is 11.8. The Morgan fingerprint density at radius 2 is 1.55 bits per heavy atom. The molecule has 1 rings (SSSR count). The summed E-state index contributed by atoms with van der Waals surface area (Å²) in [5, 5.41) is 20.4. The number of hydrogen-bond donors (Lipinski definition) is 2. The van der Waals surface area contributed by atoms with Crippen molar-refractivity contribution in [3.05, 3.63) is 52.6 Å². The van der Waals surface area contributed by atoms with Gasteiger partial charge in [-0.05, 0) is 52.2 Å². The van der Waals surface area contributed by atoms with Gasteiger partial charge in [0.25, 0.3) is 0 Å². The number of rotatable bonds is 5. The average Bonchev–Trinajstić information content (AvgIpc) is 2.38. The molecule has 0 atom stereocenters. The Morgan fingerprint density at radius 1 is 1.00 bits per heavy atom. The highest BCUT2D eigenvalue weighted by Crippen LogP contribution is 2.37. The van der Waals surface area contributed by atoms with Crippen LogP contribution in [0.5, 0.6) is 11.5 Å². The molecule has 0 unspecified atom stereocenters. The van der Waals surface area contributed by atoms with Gasteiger partial charge in [-0.3, -0.25) is 0 Å². The monoisotopic (exact) mass is 272 g/mol. The van der Waals surface area contributed by atoms with Gasteiger partial charge in [0.2, 0.25) is 0 Å². The lowest BCUT2D eigenvalue weighted by atomic mass is 9.96. The van der Waals surface area contributed by atoms with Gasteiger partial charge in [0.05, 0.1) is 0 Å². The van der Waals surface area contributed by atoms with Crippen LogP contribution in [0.15, 0.2) is 35.9 Å². The van der Waals surface area contributed by atoms with Crippen molar-refractivity contribution in [1.29, 1.82) is 0 Å². The molecule has 0 radical (unpaired) electrons. The van der Waals surface area contributed by atoms with Crippen molar-refractivity contribution in [2.24, 2.45) is 0 Å². The molecule has 20 heavy (non-hydrogen) atoms. The first-order valence-corrected chi connectivity index (χ1v) is 6.82. The molecule has 1 aromatic rings. The van der Waals surface area contributed by atoms with Crippen LogP contribution in [-0.2, 0) is 12.8 Å². The van der Waals surface area contributed by atoms with E-state index in [1.807, 2.05) is 45.9 Å². The number of phenolic OH excluding ortho intramolecular Hbond substituents is 2. The predicted molar refractivity (Wildman–Crippen MR) is 86.1 cm³/mol. The van der Waals surface area contributed by atoms with Crippen molar-refractivity contribution in [2.75, 3.05) is 0 Å². The molecule has 0 amide bonds. The molecule has 1 aromatic carbocycles. The molecular weight excluding hydrogens is 248 g/mol.